The third kappa shape index (κ3) is 4.64. The van der Waals surface area contributed by atoms with E-state index >= 15 is 0 Å². The Bertz CT molecular complexity index is 284. The van der Waals surface area contributed by atoms with E-state index in [9.17, 15) is 9.59 Å². The Morgan fingerprint density at radius 1 is 1.28 bits per heavy atom. The highest BCUT2D eigenvalue weighted by molar-refractivity contribution is 5.79. The summed E-state index contributed by atoms with van der Waals surface area (Å²) < 4.78 is 0. The van der Waals surface area contributed by atoms with Gasteiger partial charge in [0, 0.05) is 25.0 Å². The molecule has 0 aromatic heterocycles. The lowest BCUT2D eigenvalue weighted by Crippen LogP contribution is -2.49. The first-order chi connectivity index (χ1) is 8.54. The van der Waals surface area contributed by atoms with Gasteiger partial charge in [-0.25, -0.2) is 0 Å². The second kappa shape index (κ2) is 7.36. The summed E-state index contributed by atoms with van der Waals surface area (Å²) in [4.78, 5) is 25.2. The van der Waals surface area contributed by atoms with Crippen LogP contribution in [0.1, 0.15) is 33.6 Å². The van der Waals surface area contributed by atoms with Gasteiger partial charge in [-0.3, -0.25) is 9.59 Å². The van der Waals surface area contributed by atoms with Crippen molar-refractivity contribution in [1.29, 1.82) is 0 Å². The summed E-state index contributed by atoms with van der Waals surface area (Å²) in [6.07, 6.45) is 1.71. The summed E-state index contributed by atoms with van der Waals surface area (Å²) in [5.74, 6) is 0.288. The van der Waals surface area contributed by atoms with Gasteiger partial charge in [0.1, 0.15) is 0 Å². The van der Waals surface area contributed by atoms with Gasteiger partial charge in [0.2, 0.25) is 11.8 Å². The number of rotatable bonds is 5. The molecule has 0 atom stereocenters. The maximum absolute atomic E-state index is 11.8. The fourth-order valence-electron chi connectivity index (χ4n) is 1.98. The molecule has 0 saturated carbocycles. The molecule has 0 spiro atoms. The van der Waals surface area contributed by atoms with E-state index in [-0.39, 0.29) is 23.8 Å². The van der Waals surface area contributed by atoms with Crippen molar-refractivity contribution in [2.24, 2.45) is 5.92 Å². The van der Waals surface area contributed by atoms with E-state index in [0.29, 0.717) is 6.54 Å². The average Bonchev–Trinajstić information content (AvgIpc) is 2.36. The molecule has 2 amide bonds. The van der Waals surface area contributed by atoms with Crippen LogP contribution in [0.15, 0.2) is 0 Å². The molecule has 5 heteroatoms. The SMILES string of the molecule is CCNCC(=O)N1CCC(NC(=O)C(C)C)CC1. The van der Waals surface area contributed by atoms with Crippen LogP contribution in [0.4, 0.5) is 0 Å². The lowest BCUT2D eigenvalue weighted by Gasteiger charge is -2.32. The number of carbonyl (C=O) groups excluding carboxylic acids is 2. The van der Waals surface area contributed by atoms with E-state index in [2.05, 4.69) is 10.6 Å². The van der Waals surface area contributed by atoms with Crippen LogP contribution in [0.25, 0.3) is 0 Å². The van der Waals surface area contributed by atoms with Crippen molar-refractivity contribution in [2.45, 2.75) is 39.7 Å². The second-order valence-corrected chi connectivity index (χ2v) is 5.10. The molecule has 18 heavy (non-hydrogen) atoms. The van der Waals surface area contributed by atoms with Gasteiger partial charge in [0.15, 0.2) is 0 Å². The Kier molecular flexibility index (Phi) is 6.12. The molecule has 1 fully saturated rings. The zero-order valence-corrected chi connectivity index (χ0v) is 11.7. The van der Waals surface area contributed by atoms with Crippen molar-refractivity contribution in [3.63, 3.8) is 0 Å². The molecule has 2 N–H and O–H groups in total. The molecule has 0 aromatic carbocycles. The Morgan fingerprint density at radius 3 is 2.39 bits per heavy atom. The zero-order valence-electron chi connectivity index (χ0n) is 11.7. The van der Waals surface area contributed by atoms with Crippen molar-refractivity contribution in [3.8, 4) is 0 Å². The van der Waals surface area contributed by atoms with Gasteiger partial charge >= 0.3 is 0 Å². The van der Waals surface area contributed by atoms with E-state index in [1.165, 1.54) is 0 Å². The number of piperidine rings is 1. The first-order valence-electron chi connectivity index (χ1n) is 6.83. The second-order valence-electron chi connectivity index (χ2n) is 5.10. The summed E-state index contributed by atoms with van der Waals surface area (Å²) >= 11 is 0. The highest BCUT2D eigenvalue weighted by Crippen LogP contribution is 2.11. The van der Waals surface area contributed by atoms with Gasteiger partial charge < -0.3 is 15.5 Å². The van der Waals surface area contributed by atoms with E-state index in [1.54, 1.807) is 0 Å². The first kappa shape index (κ1) is 15.0. The maximum atomic E-state index is 11.8. The number of hydrogen-bond acceptors (Lipinski definition) is 3. The summed E-state index contributed by atoms with van der Waals surface area (Å²) in [7, 11) is 0. The van der Waals surface area contributed by atoms with Crippen molar-refractivity contribution in [3.05, 3.63) is 0 Å². The van der Waals surface area contributed by atoms with Crippen LogP contribution in [-0.2, 0) is 9.59 Å². The molecule has 1 aliphatic heterocycles. The molecule has 1 saturated heterocycles. The maximum Gasteiger partial charge on any atom is 0.236 e. The van der Waals surface area contributed by atoms with Crippen LogP contribution in [0.3, 0.4) is 0 Å². The normalized spacial score (nSPS) is 17.0. The highest BCUT2D eigenvalue weighted by atomic mass is 16.2. The van der Waals surface area contributed by atoms with Crippen LogP contribution in [0, 0.1) is 5.92 Å². The third-order valence-corrected chi connectivity index (χ3v) is 3.24. The quantitative estimate of drug-likeness (QED) is 0.745. The monoisotopic (exact) mass is 255 g/mol. The molecule has 104 valence electrons. The number of carbonyl (C=O) groups is 2. The lowest BCUT2D eigenvalue weighted by molar-refractivity contribution is -0.131. The van der Waals surface area contributed by atoms with Crippen molar-refractivity contribution in [1.82, 2.24) is 15.5 Å². The van der Waals surface area contributed by atoms with E-state index in [0.717, 1.165) is 32.5 Å². The predicted molar refractivity (Wildman–Crippen MR) is 71.1 cm³/mol. The summed E-state index contributed by atoms with van der Waals surface area (Å²) in [5, 5.41) is 6.07. The standard InChI is InChI=1S/C13H25N3O2/c1-4-14-9-12(17)16-7-5-11(6-8-16)15-13(18)10(2)3/h10-11,14H,4-9H2,1-3H3,(H,15,18). The predicted octanol–water partition coefficient (Wildman–Crippen LogP) is 0.359. The number of nitrogens with zero attached hydrogens (tertiary/aromatic N) is 1. The van der Waals surface area contributed by atoms with Crippen LogP contribution >= 0.6 is 0 Å². The molecule has 1 heterocycles. The minimum absolute atomic E-state index is 0.0263. The van der Waals surface area contributed by atoms with Crippen LogP contribution in [0.5, 0.6) is 0 Å². The van der Waals surface area contributed by atoms with Crippen molar-refractivity contribution in [2.75, 3.05) is 26.2 Å². The average molecular weight is 255 g/mol. The van der Waals surface area contributed by atoms with Crippen LogP contribution in [0.2, 0.25) is 0 Å². The molecule has 0 aromatic rings. The van der Waals surface area contributed by atoms with E-state index in [4.69, 9.17) is 0 Å². The van der Waals surface area contributed by atoms with Gasteiger partial charge in [-0.05, 0) is 19.4 Å². The van der Waals surface area contributed by atoms with E-state index < -0.39 is 0 Å². The fraction of sp³-hybridized carbons (Fsp3) is 0.846. The molecule has 1 aliphatic rings. The highest BCUT2D eigenvalue weighted by Gasteiger charge is 2.23. The Balaban J connectivity index is 2.28. The van der Waals surface area contributed by atoms with Gasteiger partial charge in [0.25, 0.3) is 0 Å². The van der Waals surface area contributed by atoms with Gasteiger partial charge in [-0.2, -0.15) is 0 Å². The smallest absolute Gasteiger partial charge is 0.236 e. The van der Waals surface area contributed by atoms with Crippen LogP contribution in [-0.4, -0.2) is 48.9 Å². The van der Waals surface area contributed by atoms with E-state index in [1.807, 2.05) is 25.7 Å². The molecule has 1 rings (SSSR count). The number of likely N-dealkylation sites (N-methyl/N-ethyl adjacent to an activating group) is 1. The number of amides is 2. The minimum atomic E-state index is 0.0263. The molecule has 0 unspecified atom stereocenters. The number of nitrogens with one attached hydrogen (secondary N) is 2. The topological polar surface area (TPSA) is 61.4 Å². The molecule has 0 bridgehead atoms. The molecular weight excluding hydrogens is 230 g/mol. The molecule has 5 nitrogen and oxygen atoms in total. The molecule has 0 radical (unpaired) electrons. The minimum Gasteiger partial charge on any atom is -0.353 e. The van der Waals surface area contributed by atoms with Gasteiger partial charge in [-0.15, -0.1) is 0 Å². The van der Waals surface area contributed by atoms with Crippen molar-refractivity contribution < 1.29 is 9.59 Å². The molecular formula is C13H25N3O2. The largest absolute Gasteiger partial charge is 0.353 e. The summed E-state index contributed by atoms with van der Waals surface area (Å²) in [5.41, 5.74) is 0. The summed E-state index contributed by atoms with van der Waals surface area (Å²) in [6.45, 7) is 8.49. The zero-order chi connectivity index (χ0) is 13.5. The first-order valence-corrected chi connectivity index (χ1v) is 6.83. The van der Waals surface area contributed by atoms with Gasteiger partial charge in [0.05, 0.1) is 6.54 Å². The summed E-state index contributed by atoms with van der Waals surface area (Å²) in [6, 6.07) is 0.225. The number of hydrogen-bond donors (Lipinski definition) is 2. The molecule has 0 aliphatic carbocycles. The fourth-order valence-corrected chi connectivity index (χ4v) is 1.98. The van der Waals surface area contributed by atoms with Crippen LogP contribution < -0.4 is 10.6 Å². The van der Waals surface area contributed by atoms with Crippen molar-refractivity contribution >= 4 is 11.8 Å². The Labute approximate surface area is 109 Å². The third-order valence-electron chi connectivity index (χ3n) is 3.24. The van der Waals surface area contributed by atoms with Gasteiger partial charge in [-0.1, -0.05) is 20.8 Å². The lowest BCUT2D eigenvalue weighted by atomic mass is 10.0. The Morgan fingerprint density at radius 2 is 1.89 bits per heavy atom. The number of likely N-dealkylation sites (tertiary alicyclic amines) is 1. The Hall–Kier alpha value is -1.10.